The Morgan fingerprint density at radius 3 is 2.54 bits per heavy atom. The summed E-state index contributed by atoms with van der Waals surface area (Å²) in [7, 11) is 0. The molecule has 0 bridgehead atoms. The van der Waals surface area contributed by atoms with E-state index in [1.807, 2.05) is 0 Å². The molecule has 0 radical (unpaired) electrons. The lowest BCUT2D eigenvalue weighted by Gasteiger charge is -2.15. The van der Waals surface area contributed by atoms with Crippen molar-refractivity contribution in [2.75, 3.05) is 0 Å². The van der Waals surface area contributed by atoms with Crippen LogP contribution in [0.25, 0.3) is 0 Å². The molecule has 26 heavy (non-hydrogen) atoms. The van der Waals surface area contributed by atoms with Crippen LogP contribution in [-0.2, 0) is 6.54 Å². The van der Waals surface area contributed by atoms with Crippen molar-refractivity contribution in [1.29, 1.82) is 0 Å². The number of benzene rings is 2. The summed E-state index contributed by atoms with van der Waals surface area (Å²) in [5, 5.41) is 16.0. The molecule has 2 aromatic rings. The summed E-state index contributed by atoms with van der Waals surface area (Å²) in [6.07, 6.45) is 0. The Hall–Kier alpha value is -3.23. The fraction of sp³-hybridized carbons (Fsp3) is 0.235. The largest absolute Gasteiger partial charge is 0.435 e. The molecule has 0 aliphatic heterocycles. The van der Waals surface area contributed by atoms with Gasteiger partial charge in [-0.25, -0.2) is 4.79 Å². The Labute approximate surface area is 148 Å². The summed E-state index contributed by atoms with van der Waals surface area (Å²) in [5.74, 6) is 0.0334. The van der Waals surface area contributed by atoms with Crippen molar-refractivity contribution in [3.8, 4) is 5.75 Å². The van der Waals surface area contributed by atoms with Gasteiger partial charge in [0.15, 0.2) is 0 Å². The number of nitrogens with one attached hydrogen (secondary N) is 2. The number of carbonyl (C=O) groups is 1. The summed E-state index contributed by atoms with van der Waals surface area (Å²) in [4.78, 5) is 22.2. The first kappa shape index (κ1) is 19.1. The van der Waals surface area contributed by atoms with Gasteiger partial charge in [0.05, 0.1) is 11.0 Å². The second kappa shape index (κ2) is 8.75. The second-order valence-corrected chi connectivity index (χ2v) is 5.42. The molecule has 9 heteroatoms. The minimum atomic E-state index is -2.89. The highest BCUT2D eigenvalue weighted by molar-refractivity contribution is 5.74. The minimum absolute atomic E-state index is 0.0334. The molecule has 1 atom stereocenters. The summed E-state index contributed by atoms with van der Waals surface area (Å²) in [5.41, 5.74) is 1.25. The van der Waals surface area contributed by atoms with E-state index >= 15 is 0 Å². The van der Waals surface area contributed by atoms with E-state index in [2.05, 4.69) is 15.4 Å². The summed E-state index contributed by atoms with van der Waals surface area (Å²) < 4.78 is 28.5. The van der Waals surface area contributed by atoms with Crippen LogP contribution in [0.5, 0.6) is 5.75 Å². The van der Waals surface area contributed by atoms with Gasteiger partial charge in [0, 0.05) is 18.7 Å². The first-order chi connectivity index (χ1) is 12.3. The third kappa shape index (κ3) is 5.69. The van der Waals surface area contributed by atoms with Gasteiger partial charge in [0.2, 0.25) is 0 Å². The van der Waals surface area contributed by atoms with Crippen LogP contribution in [0.4, 0.5) is 19.3 Å². The first-order valence-corrected chi connectivity index (χ1v) is 7.67. The maximum atomic E-state index is 12.1. The van der Waals surface area contributed by atoms with Gasteiger partial charge < -0.3 is 15.4 Å². The molecule has 2 rings (SSSR count). The number of amides is 2. The summed E-state index contributed by atoms with van der Waals surface area (Å²) in [6.45, 7) is -1.03. The number of hydrogen-bond acceptors (Lipinski definition) is 4. The molecule has 0 saturated carbocycles. The normalized spacial score (nSPS) is 11.7. The van der Waals surface area contributed by atoms with Crippen LogP contribution in [0.15, 0.2) is 48.5 Å². The lowest BCUT2D eigenvalue weighted by atomic mass is 10.1. The topological polar surface area (TPSA) is 93.5 Å². The molecule has 1 unspecified atom stereocenters. The van der Waals surface area contributed by atoms with Gasteiger partial charge in [0.25, 0.3) is 5.69 Å². The lowest BCUT2D eigenvalue weighted by molar-refractivity contribution is -0.384. The number of halogens is 2. The van der Waals surface area contributed by atoms with Crippen molar-refractivity contribution in [3.63, 3.8) is 0 Å². The van der Waals surface area contributed by atoms with Crippen LogP contribution in [0, 0.1) is 10.1 Å². The third-order valence-corrected chi connectivity index (χ3v) is 3.53. The van der Waals surface area contributed by atoms with E-state index in [1.54, 1.807) is 31.2 Å². The number of alkyl halides is 2. The number of nitrogens with zero attached hydrogens (tertiary/aromatic N) is 1. The van der Waals surface area contributed by atoms with Crippen molar-refractivity contribution in [2.45, 2.75) is 26.1 Å². The van der Waals surface area contributed by atoms with Gasteiger partial charge >= 0.3 is 12.6 Å². The summed E-state index contributed by atoms with van der Waals surface area (Å²) in [6, 6.07) is 11.0. The van der Waals surface area contributed by atoms with Crippen molar-refractivity contribution in [3.05, 3.63) is 69.8 Å². The van der Waals surface area contributed by atoms with Gasteiger partial charge in [0.1, 0.15) is 5.75 Å². The van der Waals surface area contributed by atoms with Crippen LogP contribution in [0.3, 0.4) is 0 Å². The zero-order chi connectivity index (χ0) is 19.1. The number of ether oxygens (including phenoxy) is 1. The molecule has 0 fully saturated rings. The minimum Gasteiger partial charge on any atom is -0.435 e. The summed E-state index contributed by atoms with van der Waals surface area (Å²) >= 11 is 0. The maximum Gasteiger partial charge on any atom is 0.387 e. The fourth-order valence-corrected chi connectivity index (χ4v) is 2.23. The van der Waals surface area contributed by atoms with Crippen LogP contribution in [-0.4, -0.2) is 17.6 Å². The Kier molecular flexibility index (Phi) is 6.42. The van der Waals surface area contributed by atoms with Crippen LogP contribution in [0.1, 0.15) is 24.1 Å². The molecule has 2 amide bonds. The third-order valence-electron chi connectivity index (χ3n) is 3.53. The van der Waals surface area contributed by atoms with Crippen molar-refractivity contribution in [1.82, 2.24) is 10.6 Å². The van der Waals surface area contributed by atoms with E-state index in [9.17, 15) is 23.7 Å². The molecule has 0 spiro atoms. The number of nitro groups is 1. The van der Waals surface area contributed by atoms with Gasteiger partial charge in [-0.3, -0.25) is 10.1 Å². The molecule has 0 aliphatic rings. The number of urea groups is 1. The SMILES string of the molecule is CC(NC(=O)NCc1cccc([N+](=O)[O-])c1)c1ccc(OC(F)F)cc1. The molecule has 2 N–H and O–H groups in total. The highest BCUT2D eigenvalue weighted by atomic mass is 19.3. The number of rotatable bonds is 7. The molecular weight excluding hydrogens is 348 g/mol. The zero-order valence-electron chi connectivity index (χ0n) is 13.8. The second-order valence-electron chi connectivity index (χ2n) is 5.42. The highest BCUT2D eigenvalue weighted by Gasteiger charge is 2.11. The average Bonchev–Trinajstić information content (AvgIpc) is 2.60. The molecule has 138 valence electrons. The molecule has 0 aliphatic carbocycles. The quantitative estimate of drug-likeness (QED) is 0.577. The van der Waals surface area contributed by atoms with Crippen molar-refractivity contribution in [2.24, 2.45) is 0 Å². The Morgan fingerprint density at radius 2 is 1.92 bits per heavy atom. The number of hydrogen-bond donors (Lipinski definition) is 2. The molecule has 7 nitrogen and oxygen atoms in total. The van der Waals surface area contributed by atoms with E-state index in [0.29, 0.717) is 11.1 Å². The molecule has 0 aromatic heterocycles. The van der Waals surface area contributed by atoms with Crippen LogP contribution < -0.4 is 15.4 Å². The van der Waals surface area contributed by atoms with Gasteiger partial charge in [-0.1, -0.05) is 24.3 Å². The lowest BCUT2D eigenvalue weighted by Crippen LogP contribution is -2.36. The first-order valence-electron chi connectivity index (χ1n) is 7.67. The van der Waals surface area contributed by atoms with E-state index in [1.165, 1.54) is 24.3 Å². The monoisotopic (exact) mass is 365 g/mol. The predicted molar refractivity (Wildman–Crippen MR) is 90.0 cm³/mol. The van der Waals surface area contributed by atoms with Crippen LogP contribution >= 0.6 is 0 Å². The molecule has 0 saturated heterocycles. The Balaban J connectivity index is 1.87. The number of nitro benzene ring substituents is 1. The molecular formula is C17H17F2N3O4. The van der Waals surface area contributed by atoms with Gasteiger partial charge in [-0.2, -0.15) is 8.78 Å². The Bertz CT molecular complexity index is 769. The van der Waals surface area contributed by atoms with E-state index in [4.69, 9.17) is 0 Å². The van der Waals surface area contributed by atoms with E-state index in [0.717, 1.165) is 0 Å². The Morgan fingerprint density at radius 1 is 1.23 bits per heavy atom. The molecule has 2 aromatic carbocycles. The maximum absolute atomic E-state index is 12.1. The van der Waals surface area contributed by atoms with E-state index in [-0.39, 0.29) is 24.0 Å². The molecule has 0 heterocycles. The van der Waals surface area contributed by atoms with E-state index < -0.39 is 17.6 Å². The van der Waals surface area contributed by atoms with Gasteiger partial charge in [-0.15, -0.1) is 0 Å². The predicted octanol–water partition coefficient (Wildman–Crippen LogP) is 3.76. The number of non-ortho nitro benzene ring substituents is 1. The smallest absolute Gasteiger partial charge is 0.387 e. The highest BCUT2D eigenvalue weighted by Crippen LogP contribution is 2.19. The average molecular weight is 365 g/mol. The number of carbonyl (C=O) groups excluding carboxylic acids is 1. The zero-order valence-corrected chi connectivity index (χ0v) is 13.8. The standard InChI is InChI=1S/C17H17F2N3O4/c1-11(13-5-7-15(8-6-13)26-16(18)19)21-17(23)20-10-12-3-2-4-14(9-12)22(24)25/h2-9,11,16H,10H2,1H3,(H2,20,21,23). The van der Waals surface area contributed by atoms with Crippen molar-refractivity contribution < 1.29 is 23.2 Å². The van der Waals surface area contributed by atoms with Gasteiger partial charge in [-0.05, 0) is 30.2 Å². The van der Waals surface area contributed by atoms with Crippen LogP contribution in [0.2, 0.25) is 0 Å². The van der Waals surface area contributed by atoms with Crippen molar-refractivity contribution >= 4 is 11.7 Å². The fourth-order valence-electron chi connectivity index (χ4n) is 2.23.